The van der Waals surface area contributed by atoms with Crippen LogP contribution in [0.1, 0.15) is 84.0 Å². The Hall–Kier alpha value is -0.570. The van der Waals surface area contributed by atoms with Crippen molar-refractivity contribution in [2.24, 2.45) is 5.92 Å². The van der Waals surface area contributed by atoms with E-state index in [9.17, 15) is 4.79 Å². The van der Waals surface area contributed by atoms with Crippen LogP contribution in [0, 0.1) is 5.92 Å². The van der Waals surface area contributed by atoms with Gasteiger partial charge in [0.1, 0.15) is 6.04 Å². The fourth-order valence-electron chi connectivity index (χ4n) is 3.19. The van der Waals surface area contributed by atoms with E-state index in [2.05, 4.69) is 12.2 Å². The van der Waals surface area contributed by atoms with Crippen LogP contribution in [-0.2, 0) is 4.79 Å². The van der Waals surface area contributed by atoms with E-state index in [1.807, 2.05) is 0 Å². The molecule has 1 heterocycles. The minimum Gasteiger partial charge on any atom is -0.480 e. The Morgan fingerprint density at radius 3 is 2.25 bits per heavy atom. The fourth-order valence-corrected chi connectivity index (χ4v) is 3.19. The van der Waals surface area contributed by atoms with Gasteiger partial charge in [-0.3, -0.25) is 4.79 Å². The first-order valence-electron chi connectivity index (χ1n) is 8.70. The van der Waals surface area contributed by atoms with Crippen molar-refractivity contribution in [1.82, 2.24) is 5.32 Å². The number of carbonyl (C=O) groups is 1. The second-order valence-corrected chi connectivity index (χ2v) is 6.35. The number of hydrogen-bond acceptors (Lipinski definition) is 2. The lowest BCUT2D eigenvalue weighted by molar-refractivity contribution is -0.140. The first kappa shape index (κ1) is 17.5. The zero-order chi connectivity index (χ0) is 14.6. The number of unbranched alkanes of at least 4 members (excludes halogenated alkanes) is 8. The molecule has 1 rings (SSSR count). The molecule has 0 aromatic rings. The smallest absolute Gasteiger partial charge is 0.320 e. The van der Waals surface area contributed by atoms with Gasteiger partial charge in [0.25, 0.3) is 0 Å². The van der Waals surface area contributed by atoms with Crippen LogP contribution in [0.25, 0.3) is 0 Å². The van der Waals surface area contributed by atoms with Gasteiger partial charge in [0, 0.05) is 0 Å². The molecule has 0 spiro atoms. The van der Waals surface area contributed by atoms with Gasteiger partial charge in [-0.15, -0.1) is 0 Å². The molecule has 0 unspecified atom stereocenters. The number of aliphatic carboxylic acids is 1. The Bertz CT molecular complexity index is 255. The Labute approximate surface area is 124 Å². The Kier molecular flexibility index (Phi) is 9.73. The van der Waals surface area contributed by atoms with E-state index in [1.165, 1.54) is 64.2 Å². The van der Waals surface area contributed by atoms with Gasteiger partial charge in [-0.1, -0.05) is 71.1 Å². The first-order valence-corrected chi connectivity index (χ1v) is 8.70. The van der Waals surface area contributed by atoms with Crippen LogP contribution in [0.5, 0.6) is 0 Å². The van der Waals surface area contributed by atoms with Crippen LogP contribution in [0.15, 0.2) is 0 Å². The topological polar surface area (TPSA) is 49.3 Å². The number of carboxylic acid groups (broad SMARTS) is 1. The number of piperidine rings is 1. The van der Waals surface area contributed by atoms with Gasteiger partial charge in [-0.25, -0.2) is 0 Å². The van der Waals surface area contributed by atoms with E-state index in [0.29, 0.717) is 5.92 Å². The van der Waals surface area contributed by atoms with Gasteiger partial charge in [0.2, 0.25) is 0 Å². The molecule has 1 aliphatic heterocycles. The predicted octanol–water partition coefficient (Wildman–Crippen LogP) is 4.36. The SMILES string of the molecule is CCCCCCCCCCC[C@@H]1CCN[C@H](C(=O)O)C1. The summed E-state index contributed by atoms with van der Waals surface area (Å²) in [5, 5.41) is 12.1. The molecule has 0 saturated carbocycles. The van der Waals surface area contributed by atoms with Crippen LogP contribution < -0.4 is 5.32 Å². The molecule has 3 heteroatoms. The minimum absolute atomic E-state index is 0.299. The van der Waals surface area contributed by atoms with E-state index in [0.717, 1.165) is 19.4 Å². The van der Waals surface area contributed by atoms with Crippen molar-refractivity contribution in [1.29, 1.82) is 0 Å². The second kappa shape index (κ2) is 11.1. The van der Waals surface area contributed by atoms with Crippen LogP contribution in [-0.4, -0.2) is 23.7 Å². The standard InChI is InChI=1S/C17H33NO2/c1-2-3-4-5-6-7-8-9-10-11-15-12-13-18-16(14-15)17(19)20/h15-16,18H,2-14H2,1H3,(H,19,20)/t15-,16+/m1/s1. The summed E-state index contributed by atoms with van der Waals surface area (Å²) in [4.78, 5) is 11.0. The maximum Gasteiger partial charge on any atom is 0.320 e. The molecule has 1 aliphatic rings. The normalized spacial score (nSPS) is 22.9. The number of hydrogen-bond donors (Lipinski definition) is 2. The molecule has 3 nitrogen and oxygen atoms in total. The average Bonchev–Trinajstić information content (AvgIpc) is 2.46. The zero-order valence-corrected chi connectivity index (χ0v) is 13.2. The van der Waals surface area contributed by atoms with Crippen LogP contribution in [0.2, 0.25) is 0 Å². The van der Waals surface area contributed by atoms with E-state index in [-0.39, 0.29) is 6.04 Å². The quantitative estimate of drug-likeness (QED) is 0.554. The van der Waals surface area contributed by atoms with Gasteiger partial charge in [0.15, 0.2) is 0 Å². The number of nitrogens with one attached hydrogen (secondary N) is 1. The maximum absolute atomic E-state index is 11.0. The number of rotatable bonds is 11. The van der Waals surface area contributed by atoms with E-state index >= 15 is 0 Å². The molecule has 1 saturated heterocycles. The summed E-state index contributed by atoms with van der Waals surface area (Å²) < 4.78 is 0. The molecule has 20 heavy (non-hydrogen) atoms. The van der Waals surface area contributed by atoms with Gasteiger partial charge in [0.05, 0.1) is 0 Å². The molecular formula is C17H33NO2. The van der Waals surface area contributed by atoms with Crippen LogP contribution in [0.4, 0.5) is 0 Å². The van der Waals surface area contributed by atoms with E-state index < -0.39 is 5.97 Å². The van der Waals surface area contributed by atoms with Gasteiger partial charge in [-0.2, -0.15) is 0 Å². The van der Waals surface area contributed by atoms with Crippen molar-refractivity contribution in [3.8, 4) is 0 Å². The average molecular weight is 283 g/mol. The molecule has 2 N–H and O–H groups in total. The largest absolute Gasteiger partial charge is 0.480 e. The predicted molar refractivity (Wildman–Crippen MR) is 84.0 cm³/mol. The summed E-state index contributed by atoms with van der Waals surface area (Å²) in [6, 6.07) is -0.299. The molecule has 0 aliphatic carbocycles. The lowest BCUT2D eigenvalue weighted by Gasteiger charge is -2.27. The lowest BCUT2D eigenvalue weighted by atomic mass is 9.88. The third-order valence-corrected chi connectivity index (χ3v) is 4.53. The van der Waals surface area contributed by atoms with Crippen molar-refractivity contribution >= 4 is 5.97 Å². The summed E-state index contributed by atoms with van der Waals surface area (Å²) in [6.45, 7) is 3.13. The summed E-state index contributed by atoms with van der Waals surface area (Å²) in [6.07, 6.45) is 15.5. The van der Waals surface area contributed by atoms with Crippen LogP contribution in [0.3, 0.4) is 0 Å². The first-order chi connectivity index (χ1) is 9.74. The van der Waals surface area contributed by atoms with Gasteiger partial charge in [-0.05, 0) is 25.3 Å². The molecule has 0 radical (unpaired) electrons. The Morgan fingerprint density at radius 1 is 1.05 bits per heavy atom. The highest BCUT2D eigenvalue weighted by atomic mass is 16.4. The highest BCUT2D eigenvalue weighted by Gasteiger charge is 2.25. The number of carboxylic acids is 1. The summed E-state index contributed by atoms with van der Waals surface area (Å²) in [5.41, 5.74) is 0. The van der Waals surface area contributed by atoms with Crippen molar-refractivity contribution in [2.45, 2.75) is 90.0 Å². The molecule has 0 aromatic heterocycles. The van der Waals surface area contributed by atoms with E-state index in [1.54, 1.807) is 0 Å². The lowest BCUT2D eigenvalue weighted by Crippen LogP contribution is -2.43. The third kappa shape index (κ3) is 7.88. The molecule has 0 aromatic carbocycles. The minimum atomic E-state index is -0.679. The fraction of sp³-hybridized carbons (Fsp3) is 0.941. The summed E-state index contributed by atoms with van der Waals surface area (Å²) in [7, 11) is 0. The summed E-state index contributed by atoms with van der Waals surface area (Å²) >= 11 is 0. The maximum atomic E-state index is 11.0. The molecular weight excluding hydrogens is 250 g/mol. The highest BCUT2D eigenvalue weighted by Crippen LogP contribution is 2.23. The van der Waals surface area contributed by atoms with Gasteiger partial charge < -0.3 is 10.4 Å². The van der Waals surface area contributed by atoms with Crippen molar-refractivity contribution < 1.29 is 9.90 Å². The Morgan fingerprint density at radius 2 is 1.65 bits per heavy atom. The van der Waals surface area contributed by atoms with Gasteiger partial charge >= 0.3 is 5.97 Å². The summed E-state index contributed by atoms with van der Waals surface area (Å²) in [5.74, 6) is -0.0521. The molecule has 0 amide bonds. The van der Waals surface area contributed by atoms with Crippen LogP contribution >= 0.6 is 0 Å². The van der Waals surface area contributed by atoms with Crippen molar-refractivity contribution in [2.75, 3.05) is 6.54 Å². The Balaban J connectivity index is 1.92. The third-order valence-electron chi connectivity index (χ3n) is 4.53. The molecule has 2 atom stereocenters. The van der Waals surface area contributed by atoms with E-state index in [4.69, 9.17) is 5.11 Å². The molecule has 1 fully saturated rings. The van der Waals surface area contributed by atoms with Crippen molar-refractivity contribution in [3.63, 3.8) is 0 Å². The molecule has 118 valence electrons. The zero-order valence-electron chi connectivity index (χ0n) is 13.2. The molecule has 0 bridgehead atoms. The highest BCUT2D eigenvalue weighted by molar-refractivity contribution is 5.73. The second-order valence-electron chi connectivity index (χ2n) is 6.35. The van der Waals surface area contributed by atoms with Crippen molar-refractivity contribution in [3.05, 3.63) is 0 Å². The monoisotopic (exact) mass is 283 g/mol.